The Labute approximate surface area is 34.4 Å². The molecule has 0 saturated carbocycles. The van der Waals surface area contributed by atoms with Crippen LogP contribution in [-0.4, -0.2) is 0 Å². The van der Waals surface area contributed by atoms with E-state index < -0.39 is 0 Å². The molecule has 4 heavy (non-hydrogen) atoms. The molecular formula is H3F3Ru. The van der Waals surface area contributed by atoms with Crippen molar-refractivity contribution in [2.75, 3.05) is 0 Å². The summed E-state index contributed by atoms with van der Waals surface area (Å²) in [6, 6.07) is 0. The van der Waals surface area contributed by atoms with Gasteiger partial charge in [0.1, 0.15) is 0 Å². The summed E-state index contributed by atoms with van der Waals surface area (Å²) in [6.45, 7) is 0. The van der Waals surface area contributed by atoms with Crippen LogP contribution in [0.2, 0.25) is 0 Å². The minimum atomic E-state index is 0. The molecule has 0 aromatic heterocycles. The molecule has 0 aliphatic heterocycles. The first-order valence-corrected chi connectivity index (χ1v) is 0. The van der Waals surface area contributed by atoms with E-state index in [4.69, 9.17) is 0 Å². The quantitative estimate of drug-likeness (QED) is 0.452. The van der Waals surface area contributed by atoms with Gasteiger partial charge in [-0.2, -0.15) is 0 Å². The van der Waals surface area contributed by atoms with E-state index in [-0.39, 0.29) is 33.6 Å². The van der Waals surface area contributed by atoms with Crippen LogP contribution in [0.5, 0.6) is 0 Å². The second-order valence-electron chi connectivity index (χ2n) is 0. The van der Waals surface area contributed by atoms with Gasteiger partial charge in [0.05, 0.1) is 0 Å². The minimum absolute atomic E-state index is 0. The Morgan fingerprint density at radius 3 is 0.500 bits per heavy atom. The van der Waals surface area contributed by atoms with Crippen LogP contribution in [0.3, 0.4) is 0 Å². The van der Waals surface area contributed by atoms with Crippen LogP contribution >= 0.6 is 0 Å². The van der Waals surface area contributed by atoms with Gasteiger partial charge in [0, 0.05) is 19.5 Å². The fraction of sp³-hybridized carbons (Fsp3) is 0. The zero-order valence-electron chi connectivity index (χ0n) is 1.58. The summed E-state index contributed by atoms with van der Waals surface area (Å²) in [7, 11) is 0. The molecule has 0 bridgehead atoms. The number of rotatable bonds is 0. The summed E-state index contributed by atoms with van der Waals surface area (Å²) in [5.41, 5.74) is 0. The van der Waals surface area contributed by atoms with E-state index in [0.717, 1.165) is 0 Å². The predicted molar refractivity (Wildman–Crippen MR) is 7.51 cm³/mol. The van der Waals surface area contributed by atoms with Crippen molar-refractivity contribution in [2.24, 2.45) is 0 Å². The zero-order valence-corrected chi connectivity index (χ0v) is 3.32. The Bertz CT molecular complexity index is 3.25. The van der Waals surface area contributed by atoms with Crippen molar-refractivity contribution in [2.45, 2.75) is 0 Å². The van der Waals surface area contributed by atoms with Gasteiger partial charge in [-0.05, 0) is 0 Å². The van der Waals surface area contributed by atoms with Crippen molar-refractivity contribution in [1.29, 1.82) is 0 Å². The summed E-state index contributed by atoms with van der Waals surface area (Å²) in [4.78, 5) is 0. The molecule has 0 fully saturated rings. The zero-order chi connectivity index (χ0) is 0. The van der Waals surface area contributed by atoms with E-state index in [1.165, 1.54) is 0 Å². The normalized spacial score (nSPS) is 0. The maximum absolute atomic E-state index is 0. The number of halogens is 3. The first-order chi connectivity index (χ1) is 0. The van der Waals surface area contributed by atoms with Gasteiger partial charge in [0.15, 0.2) is 0 Å². The van der Waals surface area contributed by atoms with Gasteiger partial charge >= 0.3 is 0 Å². The van der Waals surface area contributed by atoms with Crippen LogP contribution < -0.4 is 0 Å². The molecule has 32 valence electrons. The molecular weight excluding hydrogens is 158 g/mol. The van der Waals surface area contributed by atoms with Crippen molar-refractivity contribution in [1.82, 2.24) is 0 Å². The van der Waals surface area contributed by atoms with E-state index in [2.05, 4.69) is 0 Å². The van der Waals surface area contributed by atoms with Crippen LogP contribution in [0, 0.1) is 0 Å². The second-order valence-corrected chi connectivity index (χ2v) is 0. The molecule has 0 aromatic rings. The molecule has 0 nitrogen and oxygen atoms in total. The largest absolute Gasteiger partial charge is 0.269 e. The fourth-order valence-electron chi connectivity index (χ4n) is 0. The smallest absolute Gasteiger partial charge is 0 e. The first kappa shape index (κ1) is 301. The first-order valence-electron chi connectivity index (χ1n) is 0. The standard InChI is InChI=1S/3FH.Ru/h3*1H;. The summed E-state index contributed by atoms with van der Waals surface area (Å²) in [5, 5.41) is 0. The van der Waals surface area contributed by atoms with Crippen molar-refractivity contribution >= 4 is 0 Å². The molecule has 0 aliphatic rings. The Morgan fingerprint density at radius 2 is 0.500 bits per heavy atom. The maximum Gasteiger partial charge on any atom is 0 e. The summed E-state index contributed by atoms with van der Waals surface area (Å²) < 4.78 is 0. The average molecular weight is 161 g/mol. The van der Waals surface area contributed by atoms with E-state index in [9.17, 15) is 0 Å². The molecule has 4 heteroatoms. The minimum Gasteiger partial charge on any atom is -0.269 e. The van der Waals surface area contributed by atoms with Crippen LogP contribution in [0.25, 0.3) is 0 Å². The van der Waals surface area contributed by atoms with Crippen molar-refractivity contribution in [3.05, 3.63) is 0 Å². The van der Waals surface area contributed by atoms with Crippen LogP contribution in [0.15, 0.2) is 0 Å². The molecule has 0 saturated heterocycles. The third-order valence-electron chi connectivity index (χ3n) is 0. The molecule has 0 heterocycles. The van der Waals surface area contributed by atoms with Gasteiger partial charge in [-0.15, -0.1) is 0 Å². The van der Waals surface area contributed by atoms with Crippen molar-refractivity contribution in [3.8, 4) is 0 Å². The molecule has 0 aromatic carbocycles. The van der Waals surface area contributed by atoms with Crippen LogP contribution in [0.4, 0.5) is 14.1 Å². The Kier molecular flexibility index (Phi) is 8750. The topological polar surface area (TPSA) is 0 Å². The van der Waals surface area contributed by atoms with Gasteiger partial charge < -0.3 is 0 Å². The third kappa shape index (κ3) is 28.2. The number of hydrogen-bond donors (Lipinski definition) is 0. The summed E-state index contributed by atoms with van der Waals surface area (Å²) >= 11 is 0. The van der Waals surface area contributed by atoms with Crippen LogP contribution in [-0.2, 0) is 19.5 Å². The maximum atomic E-state index is 0. The molecule has 0 unspecified atom stereocenters. The van der Waals surface area contributed by atoms with Gasteiger partial charge in [0.25, 0.3) is 0 Å². The average Bonchev–Trinajstić information content (AvgIpc) is 0. The van der Waals surface area contributed by atoms with Gasteiger partial charge in [0.2, 0.25) is 0 Å². The van der Waals surface area contributed by atoms with Gasteiger partial charge in [-0.25, -0.2) is 0 Å². The van der Waals surface area contributed by atoms with E-state index in [1.807, 2.05) is 0 Å². The Balaban J connectivity index is 0. The molecule has 0 atom stereocenters. The molecule has 0 rings (SSSR count). The predicted octanol–water partition coefficient (Wildman–Crippen LogP) is 0.455. The second kappa shape index (κ2) is 116. The molecule has 0 radical (unpaired) electrons. The van der Waals surface area contributed by atoms with E-state index in [1.54, 1.807) is 0 Å². The van der Waals surface area contributed by atoms with E-state index >= 15 is 0 Å². The SMILES string of the molecule is F.F.F.[Ru]. The fourth-order valence-corrected chi connectivity index (χ4v) is 0. The molecule has 0 spiro atoms. The van der Waals surface area contributed by atoms with Crippen molar-refractivity contribution < 1.29 is 33.6 Å². The Morgan fingerprint density at radius 1 is 0.500 bits per heavy atom. The number of hydrogen-bond acceptors (Lipinski definition) is 0. The van der Waals surface area contributed by atoms with Crippen LogP contribution in [0.1, 0.15) is 0 Å². The van der Waals surface area contributed by atoms with E-state index in [0.29, 0.717) is 0 Å². The molecule has 0 amide bonds. The van der Waals surface area contributed by atoms with Gasteiger partial charge in [-0.3, -0.25) is 14.1 Å². The summed E-state index contributed by atoms with van der Waals surface area (Å²) in [5.74, 6) is 0. The van der Waals surface area contributed by atoms with Gasteiger partial charge in [-0.1, -0.05) is 0 Å². The van der Waals surface area contributed by atoms with Crippen molar-refractivity contribution in [3.63, 3.8) is 0 Å². The Hall–Kier alpha value is 0.413. The third-order valence-corrected chi connectivity index (χ3v) is 0. The molecule has 0 N–H and O–H groups in total. The molecule has 0 aliphatic carbocycles. The summed E-state index contributed by atoms with van der Waals surface area (Å²) in [6.07, 6.45) is 0. The monoisotopic (exact) mass is 162 g/mol.